The van der Waals surface area contributed by atoms with E-state index in [2.05, 4.69) is 36.8 Å². The van der Waals surface area contributed by atoms with Gasteiger partial charge in [0, 0.05) is 46.9 Å². The van der Waals surface area contributed by atoms with Gasteiger partial charge in [0.05, 0.1) is 17.6 Å². The number of H-pyrrole nitrogens is 1. The van der Waals surface area contributed by atoms with Crippen molar-refractivity contribution in [1.82, 2.24) is 24.9 Å². The van der Waals surface area contributed by atoms with Gasteiger partial charge in [0.25, 0.3) is 0 Å². The Bertz CT molecular complexity index is 1100. The fraction of sp³-hybridized carbons (Fsp3) is 0. The van der Waals surface area contributed by atoms with E-state index in [-0.39, 0.29) is 5.91 Å². The molecule has 0 aliphatic heterocycles. The second-order valence-corrected chi connectivity index (χ2v) is 5.57. The normalized spacial score (nSPS) is 10.6. The van der Waals surface area contributed by atoms with E-state index >= 15 is 0 Å². The third-order valence-corrected chi connectivity index (χ3v) is 3.91. The van der Waals surface area contributed by atoms with Crippen molar-refractivity contribution in [3.05, 3.63) is 68.2 Å². The van der Waals surface area contributed by atoms with E-state index in [0.717, 1.165) is 33.4 Å². The zero-order valence-electron chi connectivity index (χ0n) is 13.7. The number of carbonyl (C=O) groups excluding carboxylic acids is 1. The number of aromatic amines is 1. The number of anilines is 1. The first-order valence-corrected chi connectivity index (χ1v) is 7.87. The molecule has 0 aliphatic carbocycles. The van der Waals surface area contributed by atoms with Crippen LogP contribution >= 0.6 is 0 Å². The van der Waals surface area contributed by atoms with Gasteiger partial charge < -0.3 is 10.3 Å². The van der Waals surface area contributed by atoms with Gasteiger partial charge in [-0.15, -0.1) is 0 Å². The molecule has 7 heteroatoms. The Balaban J connectivity index is 1.77. The standard InChI is InChI=1S/C19H14N6O/c1-2-18(26)25-14-5-12(7-21-9-14)13-6-15-16(10-23-19(15)22-8-13)17-3-4-20-11-24-17/h2-11H,1H2,(H,22,23)(H,25,26). The summed E-state index contributed by atoms with van der Waals surface area (Å²) in [5.41, 5.74) is 4.85. The molecule has 1 amide bonds. The molecule has 0 bridgehead atoms. The Morgan fingerprint density at radius 1 is 1.12 bits per heavy atom. The van der Waals surface area contributed by atoms with Gasteiger partial charge in [0.15, 0.2) is 0 Å². The summed E-state index contributed by atoms with van der Waals surface area (Å²) in [6.07, 6.45) is 11.4. The highest BCUT2D eigenvalue weighted by Gasteiger charge is 2.10. The predicted molar refractivity (Wildman–Crippen MR) is 99.2 cm³/mol. The van der Waals surface area contributed by atoms with E-state index < -0.39 is 0 Å². The van der Waals surface area contributed by atoms with E-state index in [9.17, 15) is 4.79 Å². The number of aromatic nitrogens is 5. The molecule has 4 rings (SSSR count). The molecule has 0 fully saturated rings. The van der Waals surface area contributed by atoms with Crippen LogP contribution in [0.15, 0.2) is 68.2 Å². The summed E-state index contributed by atoms with van der Waals surface area (Å²) in [7, 11) is 0. The molecule has 0 spiro atoms. The number of hydrogen-bond acceptors (Lipinski definition) is 5. The number of nitrogens with one attached hydrogen (secondary N) is 2. The fourth-order valence-corrected chi connectivity index (χ4v) is 2.68. The summed E-state index contributed by atoms with van der Waals surface area (Å²) in [4.78, 5) is 31.6. The van der Waals surface area contributed by atoms with Crippen LogP contribution in [-0.2, 0) is 4.79 Å². The number of hydrogen-bond donors (Lipinski definition) is 2. The van der Waals surface area contributed by atoms with Crippen LogP contribution < -0.4 is 5.32 Å². The highest BCUT2D eigenvalue weighted by molar-refractivity contribution is 5.99. The Kier molecular flexibility index (Phi) is 3.95. The van der Waals surface area contributed by atoms with Crippen LogP contribution in [0.25, 0.3) is 33.4 Å². The molecule has 0 aromatic carbocycles. The molecule has 26 heavy (non-hydrogen) atoms. The number of fused-ring (bicyclic) bond motifs is 1. The first-order chi connectivity index (χ1) is 12.7. The van der Waals surface area contributed by atoms with Crippen LogP contribution in [0.5, 0.6) is 0 Å². The molecule has 7 nitrogen and oxygen atoms in total. The van der Waals surface area contributed by atoms with Gasteiger partial charge in [0.1, 0.15) is 12.0 Å². The average molecular weight is 342 g/mol. The molecule has 2 N–H and O–H groups in total. The Hall–Kier alpha value is -3.87. The van der Waals surface area contributed by atoms with Crippen molar-refractivity contribution >= 4 is 22.6 Å². The molecule has 0 aliphatic rings. The molecular weight excluding hydrogens is 328 g/mol. The lowest BCUT2D eigenvalue weighted by atomic mass is 10.1. The van der Waals surface area contributed by atoms with Crippen molar-refractivity contribution in [3.63, 3.8) is 0 Å². The van der Waals surface area contributed by atoms with E-state index in [0.29, 0.717) is 5.69 Å². The van der Waals surface area contributed by atoms with Gasteiger partial charge >= 0.3 is 0 Å². The minimum Gasteiger partial charge on any atom is -0.345 e. The Morgan fingerprint density at radius 2 is 2.00 bits per heavy atom. The van der Waals surface area contributed by atoms with E-state index in [1.54, 1.807) is 24.8 Å². The van der Waals surface area contributed by atoms with Crippen molar-refractivity contribution in [3.8, 4) is 22.4 Å². The van der Waals surface area contributed by atoms with Crippen LogP contribution in [0.2, 0.25) is 0 Å². The number of nitrogens with zero attached hydrogens (tertiary/aromatic N) is 4. The summed E-state index contributed by atoms with van der Waals surface area (Å²) in [5.74, 6) is -0.283. The maximum absolute atomic E-state index is 11.5. The van der Waals surface area contributed by atoms with Gasteiger partial charge in [-0.25, -0.2) is 15.0 Å². The number of amides is 1. The summed E-state index contributed by atoms with van der Waals surface area (Å²) in [6.45, 7) is 3.45. The fourth-order valence-electron chi connectivity index (χ4n) is 2.68. The van der Waals surface area contributed by atoms with Gasteiger partial charge in [0.2, 0.25) is 5.91 Å². The van der Waals surface area contributed by atoms with Crippen LogP contribution in [0.1, 0.15) is 0 Å². The van der Waals surface area contributed by atoms with Gasteiger partial charge in [-0.1, -0.05) is 6.58 Å². The third kappa shape index (κ3) is 2.93. The lowest BCUT2D eigenvalue weighted by Gasteiger charge is -2.06. The minimum absolute atomic E-state index is 0.283. The smallest absolute Gasteiger partial charge is 0.247 e. The first kappa shape index (κ1) is 15.6. The second-order valence-electron chi connectivity index (χ2n) is 5.57. The van der Waals surface area contributed by atoms with E-state index in [4.69, 9.17) is 0 Å². The quantitative estimate of drug-likeness (QED) is 0.555. The second kappa shape index (κ2) is 6.56. The Labute approximate surface area is 148 Å². The summed E-state index contributed by atoms with van der Waals surface area (Å²) >= 11 is 0. The predicted octanol–water partition coefficient (Wildman–Crippen LogP) is 3.21. The summed E-state index contributed by atoms with van der Waals surface area (Å²) in [5, 5.41) is 3.65. The molecule has 126 valence electrons. The SMILES string of the molecule is C=CC(=O)Nc1cncc(-c2cnc3[nH]cc(-c4ccncn4)c3c2)c1. The lowest BCUT2D eigenvalue weighted by Crippen LogP contribution is -2.07. The molecule has 4 heterocycles. The highest BCUT2D eigenvalue weighted by Crippen LogP contribution is 2.30. The van der Waals surface area contributed by atoms with Crippen molar-refractivity contribution in [2.24, 2.45) is 0 Å². The van der Waals surface area contributed by atoms with Crippen molar-refractivity contribution in [2.45, 2.75) is 0 Å². The number of carbonyl (C=O) groups is 1. The molecule has 0 unspecified atom stereocenters. The van der Waals surface area contributed by atoms with Crippen molar-refractivity contribution in [1.29, 1.82) is 0 Å². The highest BCUT2D eigenvalue weighted by atomic mass is 16.1. The van der Waals surface area contributed by atoms with Crippen LogP contribution in [0.3, 0.4) is 0 Å². The van der Waals surface area contributed by atoms with Crippen LogP contribution in [0, 0.1) is 0 Å². The van der Waals surface area contributed by atoms with Crippen molar-refractivity contribution in [2.75, 3.05) is 5.32 Å². The number of pyridine rings is 2. The van der Waals surface area contributed by atoms with Gasteiger partial charge in [-0.05, 0) is 24.3 Å². The lowest BCUT2D eigenvalue weighted by molar-refractivity contribution is -0.111. The molecule has 4 aromatic heterocycles. The van der Waals surface area contributed by atoms with E-state index in [1.165, 1.54) is 12.4 Å². The maximum Gasteiger partial charge on any atom is 0.247 e. The maximum atomic E-state index is 11.5. The topological polar surface area (TPSA) is 96.5 Å². The summed E-state index contributed by atoms with van der Waals surface area (Å²) in [6, 6.07) is 5.71. The van der Waals surface area contributed by atoms with Crippen molar-refractivity contribution < 1.29 is 4.79 Å². The molecule has 0 atom stereocenters. The zero-order valence-corrected chi connectivity index (χ0v) is 13.7. The number of rotatable bonds is 4. The zero-order chi connectivity index (χ0) is 17.9. The summed E-state index contributed by atoms with van der Waals surface area (Å²) < 4.78 is 0. The first-order valence-electron chi connectivity index (χ1n) is 7.87. The third-order valence-electron chi connectivity index (χ3n) is 3.91. The minimum atomic E-state index is -0.283. The monoisotopic (exact) mass is 342 g/mol. The molecule has 0 radical (unpaired) electrons. The van der Waals surface area contributed by atoms with Crippen LogP contribution in [-0.4, -0.2) is 30.8 Å². The molecule has 0 saturated heterocycles. The van der Waals surface area contributed by atoms with Crippen LogP contribution in [0.4, 0.5) is 5.69 Å². The van der Waals surface area contributed by atoms with E-state index in [1.807, 2.05) is 24.4 Å². The molecular formula is C19H14N6O. The Morgan fingerprint density at radius 3 is 2.81 bits per heavy atom. The molecule has 4 aromatic rings. The van der Waals surface area contributed by atoms with Gasteiger partial charge in [-0.2, -0.15) is 0 Å². The largest absolute Gasteiger partial charge is 0.345 e. The average Bonchev–Trinajstić information content (AvgIpc) is 3.12. The molecule has 0 saturated carbocycles. The van der Waals surface area contributed by atoms with Gasteiger partial charge in [-0.3, -0.25) is 9.78 Å².